The standard InChI is InChI=1S/C15H25FN2O2/c1-4-7-20-14-9-13(12(17)8-11(14)16)18-10-15(19,5-2)6-3/h8-9,18-19H,4-7,10,17H2,1-3H3. The van der Waals surface area contributed by atoms with E-state index in [9.17, 15) is 9.50 Å². The molecule has 1 aromatic carbocycles. The molecule has 0 aliphatic rings. The topological polar surface area (TPSA) is 67.5 Å². The first-order valence-corrected chi connectivity index (χ1v) is 7.13. The summed E-state index contributed by atoms with van der Waals surface area (Å²) in [6.07, 6.45) is 2.07. The first kappa shape index (κ1) is 16.6. The van der Waals surface area contributed by atoms with E-state index in [4.69, 9.17) is 10.5 Å². The Kier molecular flexibility index (Phi) is 6.07. The summed E-state index contributed by atoms with van der Waals surface area (Å²) in [5.41, 5.74) is 5.89. The van der Waals surface area contributed by atoms with Gasteiger partial charge in [0.1, 0.15) is 0 Å². The fourth-order valence-corrected chi connectivity index (χ4v) is 1.80. The highest BCUT2D eigenvalue weighted by molar-refractivity contribution is 5.68. The third-order valence-corrected chi connectivity index (χ3v) is 3.49. The van der Waals surface area contributed by atoms with Crippen molar-refractivity contribution < 1.29 is 14.2 Å². The summed E-state index contributed by atoms with van der Waals surface area (Å²) in [7, 11) is 0. The molecule has 4 N–H and O–H groups in total. The van der Waals surface area contributed by atoms with Gasteiger partial charge in [0.25, 0.3) is 0 Å². The molecular weight excluding hydrogens is 259 g/mol. The molecule has 0 heterocycles. The highest BCUT2D eigenvalue weighted by Crippen LogP contribution is 2.29. The van der Waals surface area contributed by atoms with E-state index in [1.54, 1.807) is 6.07 Å². The highest BCUT2D eigenvalue weighted by Gasteiger charge is 2.22. The zero-order valence-electron chi connectivity index (χ0n) is 12.5. The molecule has 0 spiro atoms. The first-order valence-electron chi connectivity index (χ1n) is 7.13. The molecule has 20 heavy (non-hydrogen) atoms. The van der Waals surface area contributed by atoms with Crippen molar-refractivity contribution in [2.45, 2.75) is 45.6 Å². The van der Waals surface area contributed by atoms with Crippen LogP contribution in [0.15, 0.2) is 12.1 Å². The third-order valence-electron chi connectivity index (χ3n) is 3.49. The number of nitrogen functional groups attached to an aromatic ring is 1. The van der Waals surface area contributed by atoms with Gasteiger partial charge in [0.05, 0.1) is 23.6 Å². The average Bonchev–Trinajstić information content (AvgIpc) is 2.45. The number of hydrogen-bond acceptors (Lipinski definition) is 4. The van der Waals surface area contributed by atoms with Crippen LogP contribution in [0.4, 0.5) is 15.8 Å². The maximum Gasteiger partial charge on any atom is 0.167 e. The minimum atomic E-state index is -0.786. The van der Waals surface area contributed by atoms with Crippen molar-refractivity contribution in [3.05, 3.63) is 17.9 Å². The maximum absolute atomic E-state index is 13.7. The number of nitrogens with two attached hydrogens (primary N) is 1. The molecule has 0 aromatic heterocycles. The van der Waals surface area contributed by atoms with Gasteiger partial charge in [0, 0.05) is 18.7 Å². The van der Waals surface area contributed by atoms with E-state index in [-0.39, 0.29) is 5.75 Å². The van der Waals surface area contributed by atoms with E-state index in [1.165, 1.54) is 6.07 Å². The van der Waals surface area contributed by atoms with Gasteiger partial charge < -0.3 is 20.9 Å². The monoisotopic (exact) mass is 284 g/mol. The number of ether oxygens (including phenoxy) is 1. The van der Waals surface area contributed by atoms with Gasteiger partial charge in [-0.25, -0.2) is 4.39 Å². The second kappa shape index (κ2) is 7.33. The molecule has 4 nitrogen and oxygen atoms in total. The first-order chi connectivity index (χ1) is 9.45. The van der Waals surface area contributed by atoms with E-state index < -0.39 is 11.4 Å². The largest absolute Gasteiger partial charge is 0.490 e. The fourth-order valence-electron chi connectivity index (χ4n) is 1.80. The average molecular weight is 284 g/mol. The minimum absolute atomic E-state index is 0.181. The van der Waals surface area contributed by atoms with E-state index in [0.29, 0.717) is 37.4 Å². The van der Waals surface area contributed by atoms with Gasteiger partial charge in [-0.1, -0.05) is 20.8 Å². The van der Waals surface area contributed by atoms with Crippen LogP contribution in [0, 0.1) is 5.82 Å². The number of halogens is 1. The summed E-state index contributed by atoms with van der Waals surface area (Å²) < 4.78 is 19.0. The van der Waals surface area contributed by atoms with Gasteiger partial charge in [-0.15, -0.1) is 0 Å². The number of nitrogens with one attached hydrogen (secondary N) is 1. The lowest BCUT2D eigenvalue weighted by molar-refractivity contribution is 0.0457. The summed E-state index contributed by atoms with van der Waals surface area (Å²) in [6, 6.07) is 2.79. The maximum atomic E-state index is 13.7. The van der Waals surface area contributed by atoms with Crippen molar-refractivity contribution in [3.63, 3.8) is 0 Å². The smallest absolute Gasteiger partial charge is 0.167 e. The lowest BCUT2D eigenvalue weighted by Crippen LogP contribution is -2.35. The second-order valence-electron chi connectivity index (χ2n) is 5.00. The molecule has 0 bridgehead atoms. The molecule has 0 saturated heterocycles. The molecule has 114 valence electrons. The summed E-state index contributed by atoms with van der Waals surface area (Å²) in [5, 5.41) is 13.3. The molecular formula is C15H25FN2O2. The van der Waals surface area contributed by atoms with Crippen LogP contribution in [0.1, 0.15) is 40.0 Å². The second-order valence-corrected chi connectivity index (χ2v) is 5.00. The normalized spacial score (nSPS) is 11.4. The van der Waals surface area contributed by atoms with Crippen LogP contribution in [-0.2, 0) is 0 Å². The number of benzene rings is 1. The van der Waals surface area contributed by atoms with Gasteiger partial charge in [-0.05, 0) is 19.3 Å². The quantitative estimate of drug-likeness (QED) is 0.641. The minimum Gasteiger partial charge on any atom is -0.490 e. The van der Waals surface area contributed by atoms with Crippen LogP contribution in [0.3, 0.4) is 0 Å². The van der Waals surface area contributed by atoms with Crippen molar-refractivity contribution >= 4 is 11.4 Å². The summed E-state index contributed by atoms with van der Waals surface area (Å²) in [6.45, 7) is 6.62. The predicted octanol–water partition coefficient (Wildman–Crippen LogP) is 3.16. The van der Waals surface area contributed by atoms with Crippen LogP contribution < -0.4 is 15.8 Å². The summed E-state index contributed by atoms with van der Waals surface area (Å²) in [4.78, 5) is 0. The van der Waals surface area contributed by atoms with Crippen molar-refractivity contribution in [1.29, 1.82) is 0 Å². The Morgan fingerprint density at radius 2 is 1.95 bits per heavy atom. The Morgan fingerprint density at radius 3 is 2.50 bits per heavy atom. The molecule has 1 aromatic rings. The van der Waals surface area contributed by atoms with Gasteiger partial charge >= 0.3 is 0 Å². The van der Waals surface area contributed by atoms with Crippen molar-refractivity contribution in [2.24, 2.45) is 0 Å². The molecule has 0 fully saturated rings. The number of hydrogen-bond donors (Lipinski definition) is 3. The van der Waals surface area contributed by atoms with Crippen LogP contribution >= 0.6 is 0 Å². The SMILES string of the molecule is CCCOc1cc(NCC(O)(CC)CC)c(N)cc1F. The Balaban J connectivity index is 2.84. The predicted molar refractivity (Wildman–Crippen MR) is 80.6 cm³/mol. The third kappa shape index (κ3) is 4.27. The van der Waals surface area contributed by atoms with Crippen LogP contribution in [0.25, 0.3) is 0 Å². The van der Waals surface area contributed by atoms with Crippen LogP contribution in [0.5, 0.6) is 5.75 Å². The number of rotatable bonds is 8. The Labute approximate surface area is 120 Å². The van der Waals surface area contributed by atoms with E-state index >= 15 is 0 Å². The zero-order chi connectivity index (χ0) is 15.2. The fraction of sp³-hybridized carbons (Fsp3) is 0.600. The van der Waals surface area contributed by atoms with Crippen molar-refractivity contribution in [2.75, 3.05) is 24.2 Å². The van der Waals surface area contributed by atoms with Gasteiger partial charge in [-0.2, -0.15) is 0 Å². The Morgan fingerprint density at radius 1 is 1.30 bits per heavy atom. The summed E-state index contributed by atoms with van der Waals surface area (Å²) in [5.74, 6) is -0.289. The molecule has 0 amide bonds. The van der Waals surface area contributed by atoms with Gasteiger partial charge in [0.2, 0.25) is 0 Å². The summed E-state index contributed by atoms with van der Waals surface area (Å²) >= 11 is 0. The van der Waals surface area contributed by atoms with Gasteiger partial charge in [-0.3, -0.25) is 0 Å². The Hall–Kier alpha value is -1.49. The lowest BCUT2D eigenvalue weighted by atomic mass is 9.97. The molecule has 0 saturated carbocycles. The molecule has 0 unspecified atom stereocenters. The molecule has 0 radical (unpaired) electrons. The van der Waals surface area contributed by atoms with Crippen LogP contribution in [-0.4, -0.2) is 23.9 Å². The number of aliphatic hydroxyl groups is 1. The van der Waals surface area contributed by atoms with E-state index in [0.717, 1.165) is 6.42 Å². The zero-order valence-corrected chi connectivity index (χ0v) is 12.5. The van der Waals surface area contributed by atoms with Crippen molar-refractivity contribution in [3.8, 4) is 5.75 Å². The number of anilines is 2. The van der Waals surface area contributed by atoms with Crippen molar-refractivity contribution in [1.82, 2.24) is 0 Å². The van der Waals surface area contributed by atoms with E-state index in [2.05, 4.69) is 5.32 Å². The molecule has 0 atom stereocenters. The van der Waals surface area contributed by atoms with E-state index in [1.807, 2.05) is 20.8 Å². The van der Waals surface area contributed by atoms with Gasteiger partial charge in [0.15, 0.2) is 11.6 Å². The van der Waals surface area contributed by atoms with Crippen LogP contribution in [0.2, 0.25) is 0 Å². The molecule has 0 aliphatic heterocycles. The Bertz CT molecular complexity index is 434. The molecule has 5 heteroatoms. The lowest BCUT2D eigenvalue weighted by Gasteiger charge is -2.26. The molecule has 0 aliphatic carbocycles. The highest BCUT2D eigenvalue weighted by atomic mass is 19.1. The molecule has 1 rings (SSSR count).